The van der Waals surface area contributed by atoms with Crippen molar-refractivity contribution in [1.29, 1.82) is 0 Å². The maximum atomic E-state index is 10.3. The molecule has 0 amide bonds. The molecule has 0 aromatic carbocycles. The summed E-state index contributed by atoms with van der Waals surface area (Å²) in [5, 5.41) is 9.53. The van der Waals surface area contributed by atoms with Crippen LogP contribution in [-0.4, -0.2) is 42.5 Å². The van der Waals surface area contributed by atoms with E-state index < -0.39 is 11.4 Å². The molecule has 1 saturated heterocycles. The normalized spacial score (nSPS) is 19.2. The molecule has 0 aliphatic carbocycles. The third-order valence-electron chi connectivity index (χ3n) is 4.15. The first kappa shape index (κ1) is 19.2. The third kappa shape index (κ3) is 9.95. The zero-order valence-corrected chi connectivity index (χ0v) is 14.0. The van der Waals surface area contributed by atoms with Gasteiger partial charge in [-0.15, -0.1) is 10.1 Å². The highest BCUT2D eigenvalue weighted by atomic mass is 17.0. The van der Waals surface area contributed by atoms with Gasteiger partial charge < -0.3 is 4.74 Å². The lowest BCUT2D eigenvalue weighted by Gasteiger charge is -2.31. The first-order chi connectivity index (χ1) is 10.7. The van der Waals surface area contributed by atoms with Crippen LogP contribution in [0, 0.1) is 10.1 Å². The fraction of sp³-hybridized carbons (Fsp3) is 1.00. The van der Waals surface area contributed by atoms with Crippen LogP contribution in [0.2, 0.25) is 0 Å². The largest absolute Gasteiger partial charge is 0.350 e. The lowest BCUT2D eigenvalue weighted by Crippen LogP contribution is -2.44. The van der Waals surface area contributed by atoms with E-state index in [0.717, 1.165) is 19.5 Å². The minimum absolute atomic E-state index is 0.498. The van der Waals surface area contributed by atoms with Gasteiger partial charge in [0.05, 0.1) is 6.61 Å². The van der Waals surface area contributed by atoms with Crippen LogP contribution in [0.25, 0.3) is 0 Å². The van der Waals surface area contributed by atoms with Crippen LogP contribution >= 0.6 is 0 Å². The summed E-state index contributed by atoms with van der Waals surface area (Å²) in [5.74, 6) is 0. The summed E-state index contributed by atoms with van der Waals surface area (Å²) in [6.07, 6.45) is 12.5. The van der Waals surface area contributed by atoms with Gasteiger partial charge in [0.2, 0.25) is 6.29 Å². The van der Waals surface area contributed by atoms with Crippen molar-refractivity contribution in [2.45, 2.75) is 77.4 Å². The summed E-state index contributed by atoms with van der Waals surface area (Å²) in [4.78, 5) is 17.0. The van der Waals surface area contributed by atoms with E-state index in [1.54, 1.807) is 0 Å². The molecule has 1 rings (SSSR count). The Morgan fingerprint density at radius 3 is 2.27 bits per heavy atom. The van der Waals surface area contributed by atoms with E-state index in [9.17, 15) is 10.1 Å². The average Bonchev–Trinajstić information content (AvgIpc) is 2.49. The molecule has 0 saturated carbocycles. The van der Waals surface area contributed by atoms with Gasteiger partial charge in [0, 0.05) is 13.1 Å². The van der Waals surface area contributed by atoms with Crippen molar-refractivity contribution in [1.82, 2.24) is 4.90 Å². The molecule has 22 heavy (non-hydrogen) atoms. The first-order valence-electron chi connectivity index (χ1n) is 8.87. The third-order valence-corrected chi connectivity index (χ3v) is 4.15. The summed E-state index contributed by atoms with van der Waals surface area (Å²) in [7, 11) is 0. The van der Waals surface area contributed by atoms with Gasteiger partial charge in [0.25, 0.3) is 5.09 Å². The van der Waals surface area contributed by atoms with E-state index in [-0.39, 0.29) is 0 Å². The van der Waals surface area contributed by atoms with E-state index in [2.05, 4.69) is 16.7 Å². The fourth-order valence-electron chi connectivity index (χ4n) is 2.85. The number of ether oxygens (including phenoxy) is 1. The molecule has 0 N–H and O–H groups in total. The summed E-state index contributed by atoms with van der Waals surface area (Å²) in [5.41, 5.74) is 0. The molecule has 1 aliphatic rings. The molecule has 1 aliphatic heterocycles. The smallest absolute Gasteiger partial charge is 0.297 e. The number of rotatable bonds is 13. The Bertz CT molecular complexity index is 289. The van der Waals surface area contributed by atoms with E-state index in [1.807, 2.05) is 0 Å². The van der Waals surface area contributed by atoms with Gasteiger partial charge >= 0.3 is 0 Å². The highest BCUT2D eigenvalue weighted by Gasteiger charge is 2.22. The van der Waals surface area contributed by atoms with E-state index in [1.165, 1.54) is 57.8 Å². The van der Waals surface area contributed by atoms with E-state index in [0.29, 0.717) is 13.2 Å². The lowest BCUT2D eigenvalue weighted by molar-refractivity contribution is -0.781. The number of nitrogens with zero attached hydrogens (tertiary/aromatic N) is 2. The summed E-state index contributed by atoms with van der Waals surface area (Å²) < 4.78 is 5.21. The van der Waals surface area contributed by atoms with Crippen LogP contribution in [-0.2, 0) is 9.57 Å². The number of hydrogen-bond acceptors (Lipinski definition) is 5. The standard InChI is InChI=1S/C16H32N2O4/c1-2-3-4-5-6-7-8-9-10-11-12-17-13-14-21-16(15-17)22-18(19)20/h16H,2-15H2,1H3. The Labute approximate surface area is 134 Å². The minimum Gasteiger partial charge on any atom is -0.350 e. The summed E-state index contributed by atoms with van der Waals surface area (Å²) in [6, 6.07) is 0. The highest BCUT2D eigenvalue weighted by molar-refractivity contribution is 4.65. The van der Waals surface area contributed by atoms with Crippen LogP contribution in [0.15, 0.2) is 0 Å². The van der Waals surface area contributed by atoms with Crippen molar-refractivity contribution in [3.63, 3.8) is 0 Å². The van der Waals surface area contributed by atoms with Gasteiger partial charge in [0.1, 0.15) is 0 Å². The van der Waals surface area contributed by atoms with Crippen molar-refractivity contribution < 1.29 is 14.7 Å². The molecule has 1 fully saturated rings. The first-order valence-corrected chi connectivity index (χ1v) is 8.87. The number of hydrogen-bond donors (Lipinski definition) is 0. The molecular formula is C16H32N2O4. The van der Waals surface area contributed by atoms with Crippen molar-refractivity contribution in [3.8, 4) is 0 Å². The SMILES string of the molecule is CCCCCCCCCCCCN1CCOC(O[N+](=O)[O-])C1. The van der Waals surface area contributed by atoms with Gasteiger partial charge in [0.15, 0.2) is 0 Å². The lowest BCUT2D eigenvalue weighted by atomic mass is 10.1. The van der Waals surface area contributed by atoms with E-state index in [4.69, 9.17) is 4.74 Å². The molecule has 0 aromatic rings. The van der Waals surface area contributed by atoms with E-state index >= 15 is 0 Å². The molecule has 1 atom stereocenters. The highest BCUT2D eigenvalue weighted by Crippen LogP contribution is 2.12. The molecule has 0 spiro atoms. The molecule has 6 nitrogen and oxygen atoms in total. The molecule has 1 heterocycles. The topological polar surface area (TPSA) is 64.8 Å². The van der Waals surface area contributed by atoms with Gasteiger partial charge in [-0.25, -0.2) is 0 Å². The molecule has 0 aromatic heterocycles. The van der Waals surface area contributed by atoms with Crippen molar-refractivity contribution in [3.05, 3.63) is 10.1 Å². The molecular weight excluding hydrogens is 284 g/mol. The van der Waals surface area contributed by atoms with Gasteiger partial charge in [-0.3, -0.25) is 9.74 Å². The minimum atomic E-state index is -0.769. The Kier molecular flexibility index (Phi) is 11.0. The van der Waals surface area contributed by atoms with Crippen molar-refractivity contribution in [2.24, 2.45) is 0 Å². The van der Waals surface area contributed by atoms with Crippen LogP contribution in [0.1, 0.15) is 71.1 Å². The quantitative estimate of drug-likeness (QED) is 0.294. The van der Waals surface area contributed by atoms with Crippen LogP contribution in [0.3, 0.4) is 0 Å². The summed E-state index contributed by atoms with van der Waals surface area (Å²) in [6.45, 7) is 5.08. The number of morpholine rings is 1. The van der Waals surface area contributed by atoms with Gasteiger partial charge in [-0.1, -0.05) is 64.7 Å². The monoisotopic (exact) mass is 316 g/mol. The second-order valence-corrected chi connectivity index (χ2v) is 6.11. The van der Waals surface area contributed by atoms with Crippen LogP contribution < -0.4 is 0 Å². The maximum Gasteiger partial charge on any atom is 0.297 e. The average molecular weight is 316 g/mol. The van der Waals surface area contributed by atoms with Gasteiger partial charge in [-0.05, 0) is 13.0 Å². The number of unbranched alkanes of at least 4 members (excludes halogenated alkanes) is 9. The molecule has 0 bridgehead atoms. The predicted molar refractivity (Wildman–Crippen MR) is 86.1 cm³/mol. The second kappa shape index (κ2) is 12.6. The maximum absolute atomic E-state index is 10.3. The van der Waals surface area contributed by atoms with Gasteiger partial charge in [-0.2, -0.15) is 0 Å². The molecule has 130 valence electrons. The molecule has 0 radical (unpaired) electrons. The Hall–Kier alpha value is -0.880. The Balaban J connectivity index is 1.90. The van der Waals surface area contributed by atoms with Crippen LogP contribution in [0.5, 0.6) is 0 Å². The van der Waals surface area contributed by atoms with Crippen molar-refractivity contribution in [2.75, 3.05) is 26.2 Å². The second-order valence-electron chi connectivity index (χ2n) is 6.11. The zero-order chi connectivity index (χ0) is 16.0. The summed E-state index contributed by atoms with van der Waals surface area (Å²) >= 11 is 0. The van der Waals surface area contributed by atoms with Crippen molar-refractivity contribution >= 4 is 0 Å². The fourth-order valence-corrected chi connectivity index (χ4v) is 2.85. The Morgan fingerprint density at radius 2 is 1.68 bits per heavy atom. The molecule has 1 unspecified atom stereocenters. The Morgan fingerprint density at radius 1 is 1.09 bits per heavy atom. The molecule has 6 heteroatoms. The predicted octanol–water partition coefficient (Wildman–Crippen LogP) is 3.77. The zero-order valence-electron chi connectivity index (χ0n) is 14.0. The van der Waals surface area contributed by atoms with Crippen LogP contribution in [0.4, 0.5) is 0 Å².